The molecular formula is C17H24N2O4S. The van der Waals surface area contributed by atoms with E-state index in [0.717, 1.165) is 19.3 Å². The van der Waals surface area contributed by atoms with Crippen LogP contribution in [0.25, 0.3) is 0 Å². The van der Waals surface area contributed by atoms with Gasteiger partial charge in [0.15, 0.2) is 0 Å². The predicted molar refractivity (Wildman–Crippen MR) is 92.0 cm³/mol. The first-order valence-corrected chi connectivity index (χ1v) is 9.21. The Bertz CT molecular complexity index is 577. The van der Waals surface area contributed by atoms with Crippen molar-refractivity contribution in [3.63, 3.8) is 0 Å². The Labute approximate surface area is 145 Å². The second-order valence-corrected chi connectivity index (χ2v) is 7.22. The number of hydrogen-bond donors (Lipinski definition) is 3. The molecule has 7 heteroatoms. The van der Waals surface area contributed by atoms with E-state index in [1.807, 2.05) is 5.38 Å². The van der Waals surface area contributed by atoms with Gasteiger partial charge < -0.3 is 15.7 Å². The van der Waals surface area contributed by atoms with Gasteiger partial charge in [-0.2, -0.15) is 0 Å². The fraction of sp³-hybridized carbons (Fsp3) is 0.588. The van der Waals surface area contributed by atoms with Crippen molar-refractivity contribution in [1.82, 2.24) is 10.6 Å². The van der Waals surface area contributed by atoms with Crippen LogP contribution in [0.1, 0.15) is 55.1 Å². The van der Waals surface area contributed by atoms with Gasteiger partial charge in [0, 0.05) is 13.0 Å². The SMILES string of the molecule is CCC1CCC(NC(=O)CCNC(=O)c2cccs2)(C(=O)O)CC1. The van der Waals surface area contributed by atoms with E-state index >= 15 is 0 Å². The number of amides is 2. The lowest BCUT2D eigenvalue weighted by Gasteiger charge is -2.37. The second-order valence-electron chi connectivity index (χ2n) is 6.27. The molecule has 0 radical (unpaired) electrons. The van der Waals surface area contributed by atoms with Gasteiger partial charge in [0.05, 0.1) is 4.88 Å². The molecule has 0 aliphatic heterocycles. The highest BCUT2D eigenvalue weighted by molar-refractivity contribution is 7.12. The molecule has 0 atom stereocenters. The molecule has 1 aromatic rings. The van der Waals surface area contributed by atoms with Crippen LogP contribution in [0.15, 0.2) is 17.5 Å². The smallest absolute Gasteiger partial charge is 0.329 e. The van der Waals surface area contributed by atoms with Gasteiger partial charge in [0.1, 0.15) is 5.54 Å². The third-order valence-corrected chi connectivity index (χ3v) is 5.58. The largest absolute Gasteiger partial charge is 0.480 e. The van der Waals surface area contributed by atoms with Crippen molar-refractivity contribution < 1.29 is 19.5 Å². The lowest BCUT2D eigenvalue weighted by molar-refractivity contribution is -0.149. The maximum absolute atomic E-state index is 12.1. The maximum atomic E-state index is 12.1. The van der Waals surface area contributed by atoms with Crippen molar-refractivity contribution in [1.29, 1.82) is 0 Å². The van der Waals surface area contributed by atoms with Crippen LogP contribution in [-0.4, -0.2) is 35.0 Å². The molecule has 132 valence electrons. The molecule has 0 saturated heterocycles. The van der Waals surface area contributed by atoms with Crippen molar-refractivity contribution in [3.8, 4) is 0 Å². The summed E-state index contributed by atoms with van der Waals surface area (Å²) in [6.07, 6.45) is 3.68. The molecule has 0 bridgehead atoms. The Kier molecular flexibility index (Phi) is 6.36. The number of nitrogens with one attached hydrogen (secondary N) is 2. The molecule has 2 amide bonds. The van der Waals surface area contributed by atoms with E-state index < -0.39 is 11.5 Å². The molecule has 0 unspecified atom stereocenters. The van der Waals surface area contributed by atoms with Crippen LogP contribution in [0.4, 0.5) is 0 Å². The van der Waals surface area contributed by atoms with Crippen molar-refractivity contribution in [2.75, 3.05) is 6.54 Å². The van der Waals surface area contributed by atoms with Crippen molar-refractivity contribution in [2.24, 2.45) is 5.92 Å². The number of thiophene rings is 1. The lowest BCUT2D eigenvalue weighted by atomic mass is 9.75. The molecule has 1 aromatic heterocycles. The van der Waals surface area contributed by atoms with Crippen LogP contribution in [0, 0.1) is 5.92 Å². The molecule has 1 aliphatic carbocycles. The minimum absolute atomic E-state index is 0.0728. The maximum Gasteiger partial charge on any atom is 0.329 e. The quantitative estimate of drug-likeness (QED) is 0.702. The number of hydrogen-bond acceptors (Lipinski definition) is 4. The summed E-state index contributed by atoms with van der Waals surface area (Å²) >= 11 is 1.33. The summed E-state index contributed by atoms with van der Waals surface area (Å²) in [7, 11) is 0. The first-order chi connectivity index (χ1) is 11.5. The Balaban J connectivity index is 1.81. The zero-order valence-electron chi connectivity index (χ0n) is 13.8. The van der Waals surface area contributed by atoms with Crippen LogP contribution in [0.3, 0.4) is 0 Å². The average molecular weight is 352 g/mol. The van der Waals surface area contributed by atoms with E-state index in [1.54, 1.807) is 12.1 Å². The molecule has 1 aliphatic rings. The molecule has 0 aromatic carbocycles. The van der Waals surface area contributed by atoms with Crippen LogP contribution >= 0.6 is 11.3 Å². The van der Waals surface area contributed by atoms with Crippen LogP contribution in [0.5, 0.6) is 0 Å². The number of carbonyl (C=O) groups is 3. The summed E-state index contributed by atoms with van der Waals surface area (Å²) in [6.45, 7) is 2.29. The zero-order valence-corrected chi connectivity index (χ0v) is 14.7. The second kappa shape index (κ2) is 8.28. The van der Waals surface area contributed by atoms with Gasteiger partial charge in [0.2, 0.25) is 5.91 Å². The Hall–Kier alpha value is -1.89. The third kappa shape index (κ3) is 4.56. The summed E-state index contributed by atoms with van der Waals surface area (Å²) in [5.41, 5.74) is -1.15. The van der Waals surface area contributed by atoms with Gasteiger partial charge in [-0.05, 0) is 43.0 Å². The minimum Gasteiger partial charge on any atom is -0.480 e. The summed E-state index contributed by atoms with van der Waals surface area (Å²) in [4.78, 5) is 36.2. The molecule has 1 heterocycles. The van der Waals surface area contributed by atoms with Gasteiger partial charge in [-0.25, -0.2) is 4.79 Å². The molecular weight excluding hydrogens is 328 g/mol. The highest BCUT2D eigenvalue weighted by Crippen LogP contribution is 2.34. The normalized spacial score (nSPS) is 23.5. The van der Waals surface area contributed by atoms with Crippen LogP contribution < -0.4 is 10.6 Å². The lowest BCUT2D eigenvalue weighted by Crippen LogP contribution is -2.56. The van der Waals surface area contributed by atoms with Gasteiger partial charge in [-0.1, -0.05) is 19.4 Å². The molecule has 2 rings (SSSR count). The fourth-order valence-corrected chi connectivity index (χ4v) is 3.72. The highest BCUT2D eigenvalue weighted by atomic mass is 32.1. The summed E-state index contributed by atoms with van der Waals surface area (Å²) < 4.78 is 0. The van der Waals surface area contributed by atoms with E-state index in [-0.39, 0.29) is 24.8 Å². The molecule has 1 saturated carbocycles. The number of aliphatic carboxylic acids is 1. The van der Waals surface area contributed by atoms with Crippen molar-refractivity contribution in [3.05, 3.63) is 22.4 Å². The number of rotatable bonds is 7. The summed E-state index contributed by atoms with van der Waals surface area (Å²) in [5, 5.41) is 16.7. The molecule has 24 heavy (non-hydrogen) atoms. The van der Waals surface area contributed by atoms with E-state index in [1.165, 1.54) is 11.3 Å². The first kappa shape index (κ1) is 18.4. The van der Waals surface area contributed by atoms with Crippen LogP contribution in [-0.2, 0) is 9.59 Å². The predicted octanol–water partition coefficient (Wildman–Crippen LogP) is 2.41. The zero-order chi connectivity index (χ0) is 17.6. The van der Waals surface area contributed by atoms with Gasteiger partial charge in [-0.15, -0.1) is 11.3 Å². The Morgan fingerprint density at radius 1 is 1.33 bits per heavy atom. The summed E-state index contributed by atoms with van der Waals surface area (Å²) in [5.74, 6) is -0.972. The average Bonchev–Trinajstić information content (AvgIpc) is 3.10. The van der Waals surface area contributed by atoms with Crippen molar-refractivity contribution in [2.45, 2.75) is 51.0 Å². The standard InChI is InChI=1S/C17H24N2O4S/c1-2-12-5-8-17(9-6-12,16(22)23)19-14(20)7-10-18-15(21)13-4-3-11-24-13/h3-4,11-12H,2,5-10H2,1H3,(H,18,21)(H,19,20)(H,22,23). The first-order valence-electron chi connectivity index (χ1n) is 8.33. The Morgan fingerprint density at radius 3 is 2.58 bits per heavy atom. The van der Waals surface area contributed by atoms with E-state index in [9.17, 15) is 19.5 Å². The topological polar surface area (TPSA) is 95.5 Å². The third-order valence-electron chi connectivity index (χ3n) is 4.71. The molecule has 0 spiro atoms. The Morgan fingerprint density at radius 2 is 2.04 bits per heavy atom. The van der Waals surface area contributed by atoms with Crippen LogP contribution in [0.2, 0.25) is 0 Å². The minimum atomic E-state index is -1.15. The molecule has 6 nitrogen and oxygen atoms in total. The fourth-order valence-electron chi connectivity index (χ4n) is 3.08. The van der Waals surface area contributed by atoms with Gasteiger partial charge in [-0.3, -0.25) is 9.59 Å². The van der Waals surface area contributed by atoms with Gasteiger partial charge in [0.25, 0.3) is 5.91 Å². The monoisotopic (exact) mass is 352 g/mol. The van der Waals surface area contributed by atoms with E-state index in [0.29, 0.717) is 23.6 Å². The number of carboxylic acid groups (broad SMARTS) is 1. The van der Waals surface area contributed by atoms with E-state index in [2.05, 4.69) is 17.6 Å². The molecule has 3 N–H and O–H groups in total. The van der Waals surface area contributed by atoms with Gasteiger partial charge >= 0.3 is 5.97 Å². The number of carbonyl (C=O) groups excluding carboxylic acids is 2. The highest BCUT2D eigenvalue weighted by Gasteiger charge is 2.42. The van der Waals surface area contributed by atoms with Crippen molar-refractivity contribution >= 4 is 29.1 Å². The van der Waals surface area contributed by atoms with E-state index in [4.69, 9.17) is 0 Å². The summed E-state index contributed by atoms with van der Waals surface area (Å²) in [6, 6.07) is 3.50. The number of carboxylic acids is 1. The molecule has 1 fully saturated rings.